The molecule has 2 amide bonds. The Morgan fingerprint density at radius 3 is 2.60 bits per heavy atom. The Labute approximate surface area is 183 Å². The highest BCUT2D eigenvalue weighted by molar-refractivity contribution is 6.34. The van der Waals surface area contributed by atoms with Gasteiger partial charge in [-0.15, -0.1) is 4.99 Å². The van der Waals surface area contributed by atoms with Gasteiger partial charge in [-0.1, -0.05) is 43.0 Å². The van der Waals surface area contributed by atoms with Crippen LogP contribution < -0.4 is 11.1 Å². The van der Waals surface area contributed by atoms with E-state index in [9.17, 15) is 9.59 Å². The molecule has 0 spiro atoms. The molecule has 1 heterocycles. The summed E-state index contributed by atoms with van der Waals surface area (Å²) >= 11 is 6.47. The molecule has 7 nitrogen and oxygen atoms in total. The largest absolute Gasteiger partial charge is 0.442 e. The maximum absolute atomic E-state index is 13.3. The molecule has 2 fully saturated rings. The molecule has 164 valence electrons. The summed E-state index contributed by atoms with van der Waals surface area (Å²) in [6.07, 6.45) is 4.47. The molecule has 0 radical (unpaired) electrons. The Hall–Kier alpha value is -2.28. The van der Waals surface area contributed by atoms with E-state index in [1.165, 1.54) is 0 Å². The molecule has 0 bridgehead atoms. The van der Waals surface area contributed by atoms with Crippen LogP contribution >= 0.6 is 11.6 Å². The van der Waals surface area contributed by atoms with Crippen molar-refractivity contribution in [3.05, 3.63) is 28.8 Å². The minimum atomic E-state index is -0.852. The zero-order valence-electron chi connectivity index (χ0n) is 18.1. The summed E-state index contributed by atoms with van der Waals surface area (Å²) in [7, 11) is 0. The van der Waals surface area contributed by atoms with Gasteiger partial charge in [0, 0.05) is 6.04 Å². The molecule has 1 saturated carbocycles. The lowest BCUT2D eigenvalue weighted by Gasteiger charge is -2.45. The topological polar surface area (TPSA) is 97.0 Å². The quantitative estimate of drug-likeness (QED) is 0.664. The molecule has 1 aromatic rings. The van der Waals surface area contributed by atoms with E-state index in [0.717, 1.165) is 32.1 Å². The number of hydrogen-bond acceptors (Lipinski definition) is 4. The van der Waals surface area contributed by atoms with Crippen LogP contribution in [-0.4, -0.2) is 34.5 Å². The summed E-state index contributed by atoms with van der Waals surface area (Å²) in [5.41, 5.74) is 5.58. The number of hydrogen-bond donors (Lipinski definition) is 2. The second kappa shape index (κ2) is 8.46. The van der Waals surface area contributed by atoms with E-state index in [-0.39, 0.29) is 24.3 Å². The van der Waals surface area contributed by atoms with Crippen LogP contribution in [0.3, 0.4) is 0 Å². The highest BCUT2D eigenvalue weighted by Gasteiger charge is 2.44. The normalized spacial score (nSPS) is 24.6. The number of nitrogens with two attached hydrogens (primary N) is 1. The van der Waals surface area contributed by atoms with Gasteiger partial charge >= 0.3 is 6.09 Å². The molecule has 0 unspecified atom stereocenters. The molecule has 1 atom stereocenters. The number of nitrogens with zero attached hydrogens (tertiary/aromatic N) is 2. The Balaban J connectivity index is 2.00. The Morgan fingerprint density at radius 1 is 1.30 bits per heavy atom. The number of halogens is 1. The fourth-order valence-electron chi connectivity index (χ4n) is 4.16. The summed E-state index contributed by atoms with van der Waals surface area (Å²) in [5, 5.41) is 3.71. The van der Waals surface area contributed by atoms with Gasteiger partial charge in [0.1, 0.15) is 5.60 Å². The van der Waals surface area contributed by atoms with E-state index in [1.54, 1.807) is 37.8 Å². The van der Waals surface area contributed by atoms with Crippen molar-refractivity contribution in [2.24, 2.45) is 4.99 Å². The van der Waals surface area contributed by atoms with Crippen molar-refractivity contribution < 1.29 is 14.3 Å². The van der Waals surface area contributed by atoms with Gasteiger partial charge in [0.05, 0.1) is 22.7 Å². The zero-order chi connectivity index (χ0) is 22.1. The zero-order valence-corrected chi connectivity index (χ0v) is 18.9. The fourth-order valence-corrected chi connectivity index (χ4v) is 4.50. The van der Waals surface area contributed by atoms with Crippen LogP contribution in [0.1, 0.15) is 71.8 Å². The number of carbonyl (C=O) groups is 2. The van der Waals surface area contributed by atoms with Crippen molar-refractivity contribution in [3.8, 4) is 0 Å². The number of carbonyl (C=O) groups excluding carboxylic acids is 2. The monoisotopic (exact) mass is 434 g/mol. The SMILES string of the molecule is CC(C)(C)OC(=O)N=C1N[C@](C)(c2cccc(N)c2Cl)CC(=O)N1C1CCCCC1. The number of nitrogen functional groups attached to an aromatic ring is 1. The van der Waals surface area contributed by atoms with Crippen molar-refractivity contribution in [2.75, 3.05) is 5.73 Å². The molecule has 30 heavy (non-hydrogen) atoms. The number of benzene rings is 1. The van der Waals surface area contributed by atoms with Gasteiger partial charge in [-0.05, 0) is 52.2 Å². The minimum Gasteiger partial charge on any atom is -0.442 e. The average molecular weight is 435 g/mol. The number of anilines is 1. The smallest absolute Gasteiger partial charge is 0.437 e. The number of aliphatic imine (C=N–C) groups is 1. The predicted molar refractivity (Wildman–Crippen MR) is 118 cm³/mol. The molecule has 1 aliphatic carbocycles. The number of ether oxygens (including phenoxy) is 1. The molecular formula is C22H31ClN4O3. The van der Waals surface area contributed by atoms with Crippen molar-refractivity contribution in [2.45, 2.75) is 83.4 Å². The highest BCUT2D eigenvalue weighted by Crippen LogP contribution is 2.38. The van der Waals surface area contributed by atoms with Crippen LogP contribution in [0.5, 0.6) is 0 Å². The average Bonchev–Trinajstić information content (AvgIpc) is 2.62. The van der Waals surface area contributed by atoms with Crippen LogP contribution in [-0.2, 0) is 15.1 Å². The third kappa shape index (κ3) is 4.89. The third-order valence-electron chi connectivity index (χ3n) is 5.54. The number of amides is 2. The molecule has 8 heteroatoms. The van der Waals surface area contributed by atoms with Gasteiger partial charge in [0.2, 0.25) is 11.9 Å². The number of nitrogens with one attached hydrogen (secondary N) is 1. The maximum Gasteiger partial charge on any atom is 0.437 e. The van der Waals surface area contributed by atoms with Crippen molar-refractivity contribution in [1.29, 1.82) is 0 Å². The van der Waals surface area contributed by atoms with E-state index in [2.05, 4.69) is 10.3 Å². The number of rotatable bonds is 2. The molecule has 2 aliphatic rings. The lowest BCUT2D eigenvalue weighted by atomic mass is 9.85. The molecule has 0 aromatic heterocycles. The summed E-state index contributed by atoms with van der Waals surface area (Å²) in [5.74, 6) is 0.123. The van der Waals surface area contributed by atoms with Gasteiger partial charge in [0.15, 0.2) is 0 Å². The fraction of sp³-hybridized carbons (Fsp3) is 0.591. The van der Waals surface area contributed by atoms with Crippen LogP contribution in [0.4, 0.5) is 10.5 Å². The molecule has 1 aromatic carbocycles. The van der Waals surface area contributed by atoms with Crippen molar-refractivity contribution >= 4 is 35.2 Å². The van der Waals surface area contributed by atoms with E-state index in [1.807, 2.05) is 13.0 Å². The second-order valence-electron chi connectivity index (χ2n) is 9.31. The van der Waals surface area contributed by atoms with Crippen LogP contribution in [0.2, 0.25) is 5.02 Å². The maximum atomic E-state index is 13.3. The first-order chi connectivity index (χ1) is 14.0. The predicted octanol–water partition coefficient (Wildman–Crippen LogP) is 4.58. The lowest BCUT2D eigenvalue weighted by molar-refractivity contribution is -0.132. The minimum absolute atomic E-state index is 0.0146. The first-order valence-corrected chi connectivity index (χ1v) is 10.8. The lowest BCUT2D eigenvalue weighted by Crippen LogP contribution is -2.62. The summed E-state index contributed by atoms with van der Waals surface area (Å²) in [6, 6.07) is 5.36. The van der Waals surface area contributed by atoms with Crippen molar-refractivity contribution in [1.82, 2.24) is 10.2 Å². The summed E-state index contributed by atoms with van der Waals surface area (Å²) in [4.78, 5) is 31.7. The summed E-state index contributed by atoms with van der Waals surface area (Å²) in [6.45, 7) is 7.20. The molecule has 1 saturated heterocycles. The van der Waals surface area contributed by atoms with Gasteiger partial charge in [-0.2, -0.15) is 0 Å². The Kier molecular flexibility index (Phi) is 6.32. The first-order valence-electron chi connectivity index (χ1n) is 10.5. The Bertz CT molecular complexity index is 858. The summed E-state index contributed by atoms with van der Waals surface area (Å²) < 4.78 is 5.38. The number of guanidine groups is 1. The van der Waals surface area contributed by atoms with Gasteiger partial charge < -0.3 is 15.8 Å². The van der Waals surface area contributed by atoms with Crippen LogP contribution in [0.25, 0.3) is 0 Å². The first kappa shape index (κ1) is 22.4. The van der Waals surface area contributed by atoms with Gasteiger partial charge in [0.25, 0.3) is 0 Å². The van der Waals surface area contributed by atoms with Gasteiger partial charge in [-0.25, -0.2) is 4.79 Å². The van der Waals surface area contributed by atoms with Crippen molar-refractivity contribution in [3.63, 3.8) is 0 Å². The van der Waals surface area contributed by atoms with E-state index < -0.39 is 17.2 Å². The van der Waals surface area contributed by atoms with E-state index >= 15 is 0 Å². The van der Waals surface area contributed by atoms with Crippen LogP contribution in [0, 0.1) is 0 Å². The molecule has 3 N–H and O–H groups in total. The van der Waals surface area contributed by atoms with E-state index in [0.29, 0.717) is 16.3 Å². The van der Waals surface area contributed by atoms with Crippen LogP contribution in [0.15, 0.2) is 23.2 Å². The standard InChI is InChI=1S/C22H31ClN4O3/c1-21(2,3)30-20(29)25-19-26-22(4,15-11-8-12-16(24)18(15)23)13-17(28)27(19)14-9-6-5-7-10-14/h8,11-12,14H,5-7,9-10,13,24H2,1-4H3,(H,25,26,29)/t22-/m0/s1. The highest BCUT2D eigenvalue weighted by atomic mass is 35.5. The Morgan fingerprint density at radius 2 is 1.97 bits per heavy atom. The van der Waals surface area contributed by atoms with Gasteiger partial charge in [-0.3, -0.25) is 9.69 Å². The molecule has 1 aliphatic heterocycles. The molecule has 3 rings (SSSR count). The third-order valence-corrected chi connectivity index (χ3v) is 5.96. The second-order valence-corrected chi connectivity index (χ2v) is 9.69. The molecular weight excluding hydrogens is 404 g/mol. The van der Waals surface area contributed by atoms with E-state index in [4.69, 9.17) is 22.1 Å².